The van der Waals surface area contributed by atoms with Gasteiger partial charge in [0.05, 0.1) is 10.9 Å². The Kier molecular flexibility index (Phi) is 4.77. The number of hydrogen-bond donors (Lipinski definition) is 1. The van der Waals surface area contributed by atoms with E-state index in [1.807, 2.05) is 57.2 Å². The molecular weight excluding hydrogens is 380 g/mol. The Hall–Kier alpha value is -3.34. The molecule has 2 aromatic carbocycles. The highest BCUT2D eigenvalue weighted by atomic mass is 16.5. The van der Waals surface area contributed by atoms with Crippen LogP contribution in [0.4, 0.5) is 0 Å². The molecule has 0 saturated heterocycles. The van der Waals surface area contributed by atoms with Gasteiger partial charge in [0.15, 0.2) is 11.4 Å². The lowest BCUT2D eigenvalue weighted by Crippen LogP contribution is -2.28. The van der Waals surface area contributed by atoms with Crippen molar-refractivity contribution in [3.05, 3.63) is 64.0 Å². The summed E-state index contributed by atoms with van der Waals surface area (Å²) in [5, 5.41) is 11.6. The first-order valence-electron chi connectivity index (χ1n) is 10.1. The molecule has 0 fully saturated rings. The molecule has 1 N–H and O–H groups in total. The maximum atomic E-state index is 13.2. The Labute approximate surface area is 174 Å². The van der Waals surface area contributed by atoms with Crippen LogP contribution in [0.15, 0.2) is 51.7 Å². The van der Waals surface area contributed by atoms with E-state index in [0.717, 1.165) is 5.56 Å². The quantitative estimate of drug-likeness (QED) is 0.454. The molecule has 0 bridgehead atoms. The molecule has 0 aliphatic carbocycles. The molecule has 30 heavy (non-hydrogen) atoms. The van der Waals surface area contributed by atoms with Crippen molar-refractivity contribution < 1.29 is 19.1 Å². The monoisotopic (exact) mass is 404 g/mol. The molecule has 1 aromatic heterocycles. The van der Waals surface area contributed by atoms with Gasteiger partial charge in [0.2, 0.25) is 0 Å². The fourth-order valence-electron chi connectivity index (χ4n) is 3.73. The molecule has 5 nitrogen and oxygen atoms in total. The Balaban J connectivity index is 2.20. The number of phenols is 1. The molecule has 0 radical (unpaired) electrons. The van der Waals surface area contributed by atoms with Gasteiger partial charge in [-0.05, 0) is 38.0 Å². The average molecular weight is 404 g/mol. The Morgan fingerprint density at radius 2 is 1.90 bits per heavy atom. The summed E-state index contributed by atoms with van der Waals surface area (Å²) in [7, 11) is 0. The van der Waals surface area contributed by atoms with Crippen molar-refractivity contribution in [3.63, 3.8) is 0 Å². The van der Waals surface area contributed by atoms with Gasteiger partial charge in [-0.3, -0.25) is 4.79 Å². The molecule has 5 heteroatoms. The van der Waals surface area contributed by atoms with E-state index in [1.54, 1.807) is 13.0 Å². The predicted octanol–water partition coefficient (Wildman–Crippen LogP) is 5.58. The number of carbonyl (C=O) groups excluding carboxylic acids is 1. The van der Waals surface area contributed by atoms with Crippen LogP contribution in [0.1, 0.15) is 50.0 Å². The average Bonchev–Trinajstić information content (AvgIpc) is 2.72. The van der Waals surface area contributed by atoms with Crippen LogP contribution in [0.2, 0.25) is 0 Å². The van der Waals surface area contributed by atoms with Gasteiger partial charge in [-0.25, -0.2) is 4.79 Å². The lowest BCUT2D eigenvalue weighted by Gasteiger charge is -2.30. The third kappa shape index (κ3) is 3.20. The predicted molar refractivity (Wildman–Crippen MR) is 117 cm³/mol. The zero-order valence-corrected chi connectivity index (χ0v) is 17.5. The maximum Gasteiger partial charge on any atom is 0.336 e. The molecule has 0 amide bonds. The normalized spacial score (nSPS) is 15.5. The minimum absolute atomic E-state index is 0.0286. The summed E-state index contributed by atoms with van der Waals surface area (Å²) in [5.74, 6) is -0.427. The lowest BCUT2D eigenvalue weighted by molar-refractivity contribution is 0.0925. The Bertz CT molecular complexity index is 1230. The SMILES string of the molecule is CC[C@@H](C)C(=O)c1c(O)c2c(c3c(-c4ccccc4)cc(=O)oc13)OC(C)(C)C=C2. The van der Waals surface area contributed by atoms with E-state index in [0.29, 0.717) is 28.7 Å². The number of carbonyl (C=O) groups is 1. The topological polar surface area (TPSA) is 76.7 Å². The number of benzene rings is 2. The summed E-state index contributed by atoms with van der Waals surface area (Å²) < 4.78 is 11.8. The van der Waals surface area contributed by atoms with E-state index in [1.165, 1.54) is 6.07 Å². The number of aromatic hydroxyl groups is 1. The van der Waals surface area contributed by atoms with Gasteiger partial charge in [-0.1, -0.05) is 44.2 Å². The third-order valence-corrected chi connectivity index (χ3v) is 5.56. The molecule has 154 valence electrons. The van der Waals surface area contributed by atoms with Crippen LogP contribution >= 0.6 is 0 Å². The summed E-state index contributed by atoms with van der Waals surface area (Å²) in [4.78, 5) is 25.7. The Morgan fingerprint density at radius 3 is 2.57 bits per heavy atom. The van der Waals surface area contributed by atoms with Crippen LogP contribution in [0.3, 0.4) is 0 Å². The zero-order chi connectivity index (χ0) is 21.6. The molecule has 3 aromatic rings. The van der Waals surface area contributed by atoms with Crippen LogP contribution in [0.25, 0.3) is 28.2 Å². The minimum Gasteiger partial charge on any atom is -0.506 e. The van der Waals surface area contributed by atoms with Gasteiger partial charge in [0.25, 0.3) is 0 Å². The molecular formula is C25H24O5. The second kappa shape index (κ2) is 7.17. The van der Waals surface area contributed by atoms with E-state index in [-0.39, 0.29) is 28.6 Å². The molecule has 1 aliphatic rings. The second-order valence-electron chi connectivity index (χ2n) is 8.23. The van der Waals surface area contributed by atoms with Crippen molar-refractivity contribution in [2.24, 2.45) is 5.92 Å². The minimum atomic E-state index is -0.626. The lowest BCUT2D eigenvalue weighted by atomic mass is 9.88. The van der Waals surface area contributed by atoms with Gasteiger partial charge in [-0.15, -0.1) is 0 Å². The summed E-state index contributed by atoms with van der Waals surface area (Å²) in [6.07, 6.45) is 4.19. The van der Waals surface area contributed by atoms with E-state index < -0.39 is 11.2 Å². The summed E-state index contributed by atoms with van der Waals surface area (Å²) >= 11 is 0. The third-order valence-electron chi connectivity index (χ3n) is 5.56. The molecule has 0 saturated carbocycles. The van der Waals surface area contributed by atoms with Crippen molar-refractivity contribution >= 4 is 22.8 Å². The van der Waals surface area contributed by atoms with Gasteiger partial charge in [0.1, 0.15) is 22.7 Å². The van der Waals surface area contributed by atoms with Crippen LogP contribution in [0, 0.1) is 5.92 Å². The van der Waals surface area contributed by atoms with Crippen LogP contribution in [-0.2, 0) is 0 Å². The van der Waals surface area contributed by atoms with Crippen LogP contribution in [-0.4, -0.2) is 16.5 Å². The zero-order valence-electron chi connectivity index (χ0n) is 17.5. The maximum absolute atomic E-state index is 13.2. The smallest absolute Gasteiger partial charge is 0.336 e. The molecule has 0 spiro atoms. The molecule has 4 rings (SSSR count). The fraction of sp³-hybridized carbons (Fsp3) is 0.280. The highest BCUT2D eigenvalue weighted by Crippen LogP contribution is 2.48. The van der Waals surface area contributed by atoms with Gasteiger partial charge >= 0.3 is 5.63 Å². The van der Waals surface area contributed by atoms with Crippen molar-refractivity contribution in [2.75, 3.05) is 0 Å². The first-order chi connectivity index (χ1) is 14.2. The van der Waals surface area contributed by atoms with Crippen molar-refractivity contribution in [1.82, 2.24) is 0 Å². The fourth-order valence-corrected chi connectivity index (χ4v) is 3.73. The molecule has 0 unspecified atom stereocenters. The largest absolute Gasteiger partial charge is 0.506 e. The molecule has 1 aliphatic heterocycles. The van der Waals surface area contributed by atoms with Crippen LogP contribution in [0.5, 0.6) is 11.5 Å². The standard InChI is InChI=1S/C25H24O5/c1-5-14(2)21(27)20-22(28)16-11-12-25(3,4)30-23(16)19-17(13-18(26)29-24(19)20)15-9-7-6-8-10-15/h6-14,28H,5H2,1-4H3/t14-/m1/s1. The first kappa shape index (κ1) is 20.0. The Morgan fingerprint density at radius 1 is 1.20 bits per heavy atom. The van der Waals surface area contributed by atoms with Crippen LogP contribution < -0.4 is 10.4 Å². The summed E-state index contributed by atoms with van der Waals surface area (Å²) in [6, 6.07) is 10.8. The van der Waals surface area contributed by atoms with Crippen molar-refractivity contribution in [2.45, 2.75) is 39.7 Å². The second-order valence-corrected chi connectivity index (χ2v) is 8.23. The van der Waals surface area contributed by atoms with E-state index in [4.69, 9.17) is 9.15 Å². The number of Topliss-reactive ketones (excluding diaryl/α,β-unsaturated/α-hetero) is 1. The number of hydrogen-bond acceptors (Lipinski definition) is 5. The number of phenolic OH excluding ortho intramolecular Hbond substituents is 1. The molecule has 2 heterocycles. The highest BCUT2D eigenvalue weighted by Gasteiger charge is 2.33. The number of ketones is 1. The van der Waals surface area contributed by atoms with Gasteiger partial charge in [-0.2, -0.15) is 0 Å². The van der Waals surface area contributed by atoms with Crippen molar-refractivity contribution in [1.29, 1.82) is 0 Å². The number of fused-ring (bicyclic) bond motifs is 3. The highest BCUT2D eigenvalue weighted by molar-refractivity contribution is 6.15. The number of ether oxygens (including phenoxy) is 1. The number of rotatable bonds is 4. The summed E-state index contributed by atoms with van der Waals surface area (Å²) in [5.41, 5.74) is 0.682. The first-order valence-corrected chi connectivity index (χ1v) is 10.1. The van der Waals surface area contributed by atoms with Crippen molar-refractivity contribution in [3.8, 4) is 22.6 Å². The molecule has 1 atom stereocenters. The van der Waals surface area contributed by atoms with E-state index in [2.05, 4.69) is 0 Å². The summed E-state index contributed by atoms with van der Waals surface area (Å²) in [6.45, 7) is 7.49. The van der Waals surface area contributed by atoms with Gasteiger partial charge in [0, 0.05) is 17.5 Å². The van der Waals surface area contributed by atoms with Gasteiger partial charge < -0.3 is 14.3 Å². The van der Waals surface area contributed by atoms with E-state index >= 15 is 0 Å². The van der Waals surface area contributed by atoms with E-state index in [9.17, 15) is 14.7 Å².